The SMILES string of the molecule is COc1c(C)cc(C(N)C2CCCC2(C)C)cc1C. The highest BCUT2D eigenvalue weighted by molar-refractivity contribution is 5.44. The van der Waals surface area contributed by atoms with Gasteiger partial charge in [-0.1, -0.05) is 32.4 Å². The normalized spacial score (nSPS) is 23.4. The maximum absolute atomic E-state index is 6.56. The van der Waals surface area contributed by atoms with Gasteiger partial charge in [0.25, 0.3) is 0 Å². The Morgan fingerprint density at radius 2 is 1.84 bits per heavy atom. The van der Waals surface area contributed by atoms with Crippen molar-refractivity contribution < 1.29 is 4.74 Å². The molecule has 2 rings (SSSR count). The van der Waals surface area contributed by atoms with E-state index in [-0.39, 0.29) is 6.04 Å². The highest BCUT2D eigenvalue weighted by atomic mass is 16.5. The fourth-order valence-electron chi connectivity index (χ4n) is 3.75. The molecule has 0 amide bonds. The van der Waals surface area contributed by atoms with Crippen LogP contribution in [0.15, 0.2) is 12.1 Å². The van der Waals surface area contributed by atoms with E-state index in [9.17, 15) is 0 Å². The van der Waals surface area contributed by atoms with Crippen LogP contribution in [0.25, 0.3) is 0 Å². The molecule has 1 aliphatic rings. The van der Waals surface area contributed by atoms with Crippen LogP contribution in [-0.2, 0) is 0 Å². The number of ether oxygens (including phenoxy) is 1. The van der Waals surface area contributed by atoms with Gasteiger partial charge in [0.1, 0.15) is 5.75 Å². The van der Waals surface area contributed by atoms with Gasteiger partial charge >= 0.3 is 0 Å². The average Bonchev–Trinajstić information content (AvgIpc) is 2.67. The topological polar surface area (TPSA) is 35.2 Å². The summed E-state index contributed by atoms with van der Waals surface area (Å²) in [6, 6.07) is 4.54. The Hall–Kier alpha value is -1.02. The monoisotopic (exact) mass is 261 g/mol. The molecule has 0 radical (unpaired) electrons. The predicted octanol–water partition coefficient (Wildman–Crippen LogP) is 4.14. The summed E-state index contributed by atoms with van der Waals surface area (Å²) in [5.41, 5.74) is 10.6. The molecule has 1 aromatic carbocycles. The minimum Gasteiger partial charge on any atom is -0.496 e. The van der Waals surface area contributed by atoms with E-state index in [1.54, 1.807) is 7.11 Å². The van der Waals surface area contributed by atoms with Gasteiger partial charge in [0.2, 0.25) is 0 Å². The molecule has 0 aromatic heterocycles. The third-order valence-corrected chi connectivity index (χ3v) is 4.85. The molecule has 106 valence electrons. The van der Waals surface area contributed by atoms with E-state index in [1.807, 2.05) is 0 Å². The first-order valence-electron chi connectivity index (χ1n) is 7.27. The zero-order chi connectivity index (χ0) is 14.2. The van der Waals surface area contributed by atoms with Crippen LogP contribution in [0, 0.1) is 25.2 Å². The van der Waals surface area contributed by atoms with Gasteiger partial charge in [-0.2, -0.15) is 0 Å². The Kier molecular flexibility index (Phi) is 3.91. The van der Waals surface area contributed by atoms with Gasteiger partial charge < -0.3 is 10.5 Å². The largest absolute Gasteiger partial charge is 0.496 e. The van der Waals surface area contributed by atoms with Crippen LogP contribution in [0.3, 0.4) is 0 Å². The fraction of sp³-hybridized carbons (Fsp3) is 0.647. The zero-order valence-corrected chi connectivity index (χ0v) is 12.9. The lowest BCUT2D eigenvalue weighted by molar-refractivity contribution is 0.222. The minimum absolute atomic E-state index is 0.140. The number of aryl methyl sites for hydroxylation is 2. The van der Waals surface area contributed by atoms with Crippen molar-refractivity contribution in [2.75, 3.05) is 7.11 Å². The van der Waals surface area contributed by atoms with Crippen molar-refractivity contribution in [2.45, 2.75) is 53.0 Å². The number of hydrogen-bond donors (Lipinski definition) is 1. The standard InChI is InChI=1S/C17H27NO/c1-11-9-13(10-12(2)16(11)19-5)15(18)14-7-6-8-17(14,3)4/h9-10,14-15H,6-8,18H2,1-5H3. The molecule has 2 heteroatoms. The van der Waals surface area contributed by atoms with Crippen LogP contribution in [0.1, 0.15) is 55.8 Å². The molecule has 1 aliphatic carbocycles. The lowest BCUT2D eigenvalue weighted by Gasteiger charge is -2.32. The zero-order valence-electron chi connectivity index (χ0n) is 12.9. The van der Waals surface area contributed by atoms with Crippen LogP contribution in [0.2, 0.25) is 0 Å². The smallest absolute Gasteiger partial charge is 0.124 e. The molecule has 1 saturated carbocycles. The first kappa shape index (κ1) is 14.4. The lowest BCUT2D eigenvalue weighted by Crippen LogP contribution is -2.29. The highest BCUT2D eigenvalue weighted by Gasteiger charge is 2.38. The van der Waals surface area contributed by atoms with E-state index >= 15 is 0 Å². The van der Waals surface area contributed by atoms with Gasteiger partial charge in [-0.3, -0.25) is 0 Å². The third kappa shape index (κ3) is 2.64. The van der Waals surface area contributed by atoms with E-state index < -0.39 is 0 Å². The molecule has 0 heterocycles. The molecule has 19 heavy (non-hydrogen) atoms. The quantitative estimate of drug-likeness (QED) is 0.887. The number of methoxy groups -OCH3 is 1. The highest BCUT2D eigenvalue weighted by Crippen LogP contribution is 2.48. The second-order valence-corrected chi connectivity index (χ2v) is 6.70. The minimum atomic E-state index is 0.140. The summed E-state index contributed by atoms with van der Waals surface area (Å²) >= 11 is 0. The summed E-state index contributed by atoms with van der Waals surface area (Å²) in [5, 5.41) is 0. The van der Waals surface area contributed by atoms with Gasteiger partial charge in [-0.15, -0.1) is 0 Å². The van der Waals surface area contributed by atoms with E-state index in [2.05, 4.69) is 39.8 Å². The van der Waals surface area contributed by atoms with Crippen molar-refractivity contribution in [3.8, 4) is 5.75 Å². The molecule has 1 aromatic rings. The van der Waals surface area contributed by atoms with Crippen LogP contribution >= 0.6 is 0 Å². The molecule has 2 atom stereocenters. The van der Waals surface area contributed by atoms with Crippen LogP contribution in [0.4, 0.5) is 0 Å². The second kappa shape index (κ2) is 5.16. The Bertz CT molecular complexity index is 441. The number of hydrogen-bond acceptors (Lipinski definition) is 2. The van der Waals surface area contributed by atoms with Crippen molar-refractivity contribution >= 4 is 0 Å². The van der Waals surface area contributed by atoms with Crippen molar-refractivity contribution in [3.05, 3.63) is 28.8 Å². The molecular weight excluding hydrogens is 234 g/mol. The number of benzene rings is 1. The predicted molar refractivity (Wildman–Crippen MR) is 80.5 cm³/mol. The molecular formula is C17H27NO. The van der Waals surface area contributed by atoms with E-state index in [0.29, 0.717) is 11.3 Å². The Morgan fingerprint density at radius 1 is 1.26 bits per heavy atom. The molecule has 2 nitrogen and oxygen atoms in total. The summed E-state index contributed by atoms with van der Waals surface area (Å²) < 4.78 is 5.44. The van der Waals surface area contributed by atoms with Crippen LogP contribution in [0.5, 0.6) is 5.75 Å². The lowest BCUT2D eigenvalue weighted by atomic mass is 9.75. The van der Waals surface area contributed by atoms with Gasteiger partial charge in [-0.05, 0) is 54.7 Å². The van der Waals surface area contributed by atoms with Gasteiger partial charge in [-0.25, -0.2) is 0 Å². The van der Waals surface area contributed by atoms with E-state index in [0.717, 1.165) is 5.75 Å². The third-order valence-electron chi connectivity index (χ3n) is 4.85. The molecule has 0 bridgehead atoms. The molecule has 2 N–H and O–H groups in total. The number of rotatable bonds is 3. The van der Waals surface area contributed by atoms with E-state index in [1.165, 1.54) is 36.0 Å². The van der Waals surface area contributed by atoms with E-state index in [4.69, 9.17) is 10.5 Å². The summed E-state index contributed by atoms with van der Waals surface area (Å²) in [5.74, 6) is 1.57. The molecule has 0 saturated heterocycles. The van der Waals surface area contributed by atoms with Crippen molar-refractivity contribution in [1.29, 1.82) is 0 Å². The fourth-order valence-corrected chi connectivity index (χ4v) is 3.75. The molecule has 2 unspecified atom stereocenters. The maximum atomic E-state index is 6.56. The summed E-state index contributed by atoms with van der Waals surface area (Å²) in [7, 11) is 1.73. The van der Waals surface area contributed by atoms with Crippen molar-refractivity contribution in [2.24, 2.45) is 17.1 Å². The molecule has 0 aliphatic heterocycles. The molecule has 1 fully saturated rings. The van der Waals surface area contributed by atoms with Crippen molar-refractivity contribution in [3.63, 3.8) is 0 Å². The average molecular weight is 261 g/mol. The number of nitrogens with two attached hydrogens (primary N) is 1. The first-order chi connectivity index (χ1) is 8.86. The van der Waals surface area contributed by atoms with Gasteiger partial charge in [0.05, 0.1) is 7.11 Å². The van der Waals surface area contributed by atoms with Gasteiger partial charge in [0, 0.05) is 6.04 Å². The summed E-state index contributed by atoms with van der Waals surface area (Å²) in [6.07, 6.45) is 3.84. The van der Waals surface area contributed by atoms with Crippen molar-refractivity contribution in [1.82, 2.24) is 0 Å². The Morgan fingerprint density at radius 3 is 2.26 bits per heavy atom. The van der Waals surface area contributed by atoms with Crippen LogP contribution < -0.4 is 10.5 Å². The Labute approximate surface area is 117 Å². The van der Waals surface area contributed by atoms with Crippen LogP contribution in [-0.4, -0.2) is 7.11 Å². The maximum Gasteiger partial charge on any atom is 0.124 e. The summed E-state index contributed by atoms with van der Waals surface area (Å²) in [4.78, 5) is 0. The first-order valence-corrected chi connectivity index (χ1v) is 7.27. The molecule has 0 spiro atoms. The Balaban J connectivity index is 2.32. The summed E-state index contributed by atoms with van der Waals surface area (Å²) in [6.45, 7) is 8.91. The second-order valence-electron chi connectivity index (χ2n) is 6.70. The van der Waals surface area contributed by atoms with Gasteiger partial charge in [0.15, 0.2) is 0 Å².